The zero-order valence-corrected chi connectivity index (χ0v) is 7.42. The molecule has 0 aliphatic carbocycles. The Morgan fingerprint density at radius 2 is 2.00 bits per heavy atom. The van der Waals surface area contributed by atoms with E-state index >= 15 is 0 Å². The summed E-state index contributed by atoms with van der Waals surface area (Å²) in [6, 6.07) is 0. The van der Waals surface area contributed by atoms with Crippen LogP contribution in [0, 0.1) is 0 Å². The molecule has 0 saturated carbocycles. The van der Waals surface area contributed by atoms with Crippen molar-refractivity contribution in [1.82, 2.24) is 0 Å². The minimum absolute atomic E-state index is 1.29. The van der Waals surface area contributed by atoms with Crippen molar-refractivity contribution >= 4 is 20.4 Å². The minimum atomic E-state index is -1.29. The highest BCUT2D eigenvalue weighted by Crippen LogP contribution is 2.13. The molecule has 8 heavy (non-hydrogen) atoms. The maximum Gasteiger partial charge on any atom is 0.202 e. The highest BCUT2D eigenvalue weighted by molar-refractivity contribution is 7.98. The first-order chi connectivity index (χ1) is 3.56. The molecule has 0 fully saturated rings. The molecule has 0 aliphatic heterocycles. The fraction of sp³-hybridized carbons (Fsp3) is 0.600. The van der Waals surface area contributed by atoms with Crippen LogP contribution in [0.25, 0.3) is 0 Å². The van der Waals surface area contributed by atoms with E-state index in [0.717, 1.165) is 0 Å². The Balaban J connectivity index is 3.24. The van der Waals surface area contributed by atoms with E-state index in [-0.39, 0.29) is 0 Å². The van der Waals surface area contributed by atoms with Crippen LogP contribution in [0.4, 0.5) is 0 Å². The molecule has 0 N–H and O–H groups in total. The summed E-state index contributed by atoms with van der Waals surface area (Å²) in [5.74, 6) is 0. The van der Waals surface area contributed by atoms with Gasteiger partial charge in [0.2, 0.25) is 8.32 Å². The molecule has 0 atom stereocenters. The van der Waals surface area contributed by atoms with Crippen molar-refractivity contribution in [3.8, 4) is 0 Å². The number of rotatable bonds is 3. The minimum Gasteiger partial charge on any atom is -0.354 e. The van der Waals surface area contributed by atoms with Crippen molar-refractivity contribution in [2.45, 2.75) is 19.6 Å². The third-order valence-electron chi connectivity index (χ3n) is 0.366. The van der Waals surface area contributed by atoms with Crippen LogP contribution in [0.2, 0.25) is 19.6 Å². The summed E-state index contributed by atoms with van der Waals surface area (Å²) in [5.41, 5.74) is 0. The normalized spacial score (nSPS) is 11.4. The predicted molar refractivity (Wildman–Crippen MR) is 42.2 cm³/mol. The van der Waals surface area contributed by atoms with Gasteiger partial charge in [0.25, 0.3) is 0 Å². The summed E-state index contributed by atoms with van der Waals surface area (Å²) in [6.07, 6.45) is 0. The molecule has 0 aliphatic rings. The van der Waals surface area contributed by atoms with Crippen molar-refractivity contribution in [1.29, 1.82) is 0 Å². The number of hydrogen-bond donors (Lipinski definition) is 0. The predicted octanol–water partition coefficient (Wildman–Crippen LogP) is 2.63. The zero-order valence-electron chi connectivity index (χ0n) is 5.60. The van der Waals surface area contributed by atoms with E-state index in [1.54, 1.807) is 5.41 Å². The molecule has 0 heterocycles. The van der Waals surface area contributed by atoms with E-state index in [0.29, 0.717) is 0 Å². The van der Waals surface area contributed by atoms with Gasteiger partial charge < -0.3 is 3.87 Å². The van der Waals surface area contributed by atoms with Gasteiger partial charge in [-0.05, 0) is 25.0 Å². The standard InChI is InChI=1S/C5H12OSSi/c1-5-7-6-8(2,3)4/h5H,1H2,2-4H3. The summed E-state index contributed by atoms with van der Waals surface area (Å²) in [4.78, 5) is 0. The smallest absolute Gasteiger partial charge is 0.202 e. The molecule has 0 aromatic rings. The van der Waals surface area contributed by atoms with Crippen molar-refractivity contribution in [2.75, 3.05) is 0 Å². The first-order valence-electron chi connectivity index (χ1n) is 2.51. The molecule has 0 unspecified atom stereocenters. The average molecular weight is 148 g/mol. The van der Waals surface area contributed by atoms with E-state index in [1.165, 1.54) is 12.0 Å². The zero-order chi connectivity index (χ0) is 6.62. The fourth-order valence-corrected chi connectivity index (χ4v) is 1.61. The summed E-state index contributed by atoms with van der Waals surface area (Å²) in [7, 11) is -1.29. The molecular weight excluding hydrogens is 136 g/mol. The third-order valence-corrected chi connectivity index (χ3v) is 2.89. The van der Waals surface area contributed by atoms with Crippen molar-refractivity contribution < 1.29 is 3.87 Å². The van der Waals surface area contributed by atoms with Gasteiger partial charge in [-0.25, -0.2) is 0 Å². The quantitative estimate of drug-likeness (QED) is 0.449. The summed E-state index contributed by atoms with van der Waals surface area (Å²) in [6.45, 7) is 9.95. The molecule has 0 amide bonds. The van der Waals surface area contributed by atoms with Crippen LogP contribution >= 0.6 is 12.0 Å². The highest BCUT2D eigenvalue weighted by Gasteiger charge is 2.13. The van der Waals surface area contributed by atoms with Crippen LogP contribution in [-0.4, -0.2) is 8.32 Å². The van der Waals surface area contributed by atoms with Gasteiger partial charge in [-0.1, -0.05) is 6.58 Å². The van der Waals surface area contributed by atoms with Gasteiger partial charge in [-0.15, -0.1) is 0 Å². The van der Waals surface area contributed by atoms with Gasteiger partial charge in [0, 0.05) is 12.0 Å². The van der Waals surface area contributed by atoms with Crippen LogP contribution < -0.4 is 0 Å². The highest BCUT2D eigenvalue weighted by atomic mass is 32.2. The van der Waals surface area contributed by atoms with Crippen LogP contribution in [0.1, 0.15) is 0 Å². The van der Waals surface area contributed by atoms with Gasteiger partial charge in [0.1, 0.15) is 0 Å². The first-order valence-corrected chi connectivity index (χ1v) is 6.73. The second-order valence-electron chi connectivity index (χ2n) is 2.46. The summed E-state index contributed by atoms with van der Waals surface area (Å²) in [5, 5.41) is 1.71. The van der Waals surface area contributed by atoms with Gasteiger partial charge in [0.05, 0.1) is 0 Å². The number of hydrogen-bond acceptors (Lipinski definition) is 2. The lowest BCUT2D eigenvalue weighted by atomic mass is 11.3. The lowest BCUT2D eigenvalue weighted by Gasteiger charge is -2.12. The van der Waals surface area contributed by atoms with Crippen LogP contribution in [0.3, 0.4) is 0 Å². The molecule has 0 rings (SSSR count). The Labute approximate surface area is 56.5 Å². The summed E-state index contributed by atoms with van der Waals surface area (Å²) < 4.78 is 5.32. The van der Waals surface area contributed by atoms with Gasteiger partial charge in [-0.3, -0.25) is 0 Å². The van der Waals surface area contributed by atoms with Crippen molar-refractivity contribution in [3.63, 3.8) is 0 Å². The van der Waals surface area contributed by atoms with E-state index in [9.17, 15) is 0 Å². The van der Waals surface area contributed by atoms with E-state index in [2.05, 4.69) is 26.2 Å². The Morgan fingerprint density at radius 1 is 1.50 bits per heavy atom. The first kappa shape index (κ1) is 8.27. The lowest BCUT2D eigenvalue weighted by molar-refractivity contribution is 0.658. The molecular formula is C5H12OSSi. The Kier molecular flexibility index (Phi) is 3.43. The van der Waals surface area contributed by atoms with Gasteiger partial charge >= 0.3 is 0 Å². The van der Waals surface area contributed by atoms with Gasteiger partial charge in [-0.2, -0.15) is 0 Å². The fourth-order valence-electron chi connectivity index (χ4n) is 0.178. The summed E-state index contributed by atoms with van der Waals surface area (Å²) >= 11 is 1.34. The molecule has 48 valence electrons. The maximum absolute atomic E-state index is 5.32. The van der Waals surface area contributed by atoms with Crippen molar-refractivity contribution in [2.24, 2.45) is 0 Å². The molecule has 0 bridgehead atoms. The van der Waals surface area contributed by atoms with E-state index in [4.69, 9.17) is 3.87 Å². The topological polar surface area (TPSA) is 9.23 Å². The largest absolute Gasteiger partial charge is 0.354 e. The van der Waals surface area contributed by atoms with Crippen LogP contribution in [-0.2, 0) is 3.87 Å². The second kappa shape index (κ2) is 3.32. The van der Waals surface area contributed by atoms with E-state index < -0.39 is 8.32 Å². The molecule has 1 nitrogen and oxygen atoms in total. The molecule has 0 aromatic heterocycles. The monoisotopic (exact) mass is 148 g/mol. The third kappa shape index (κ3) is 6.27. The Hall–Kier alpha value is 0.267. The Bertz CT molecular complexity index is 77.0. The maximum atomic E-state index is 5.32. The SMILES string of the molecule is C=CSO[Si](C)(C)C. The molecule has 0 radical (unpaired) electrons. The van der Waals surface area contributed by atoms with Crippen molar-refractivity contribution in [3.05, 3.63) is 12.0 Å². The molecule has 0 saturated heterocycles. The van der Waals surface area contributed by atoms with Crippen LogP contribution in [0.5, 0.6) is 0 Å². The second-order valence-corrected chi connectivity index (χ2v) is 7.88. The molecule has 0 spiro atoms. The lowest BCUT2D eigenvalue weighted by Crippen LogP contribution is -2.20. The Morgan fingerprint density at radius 3 is 2.12 bits per heavy atom. The molecule has 0 aromatic carbocycles. The van der Waals surface area contributed by atoms with Crippen LogP contribution in [0.15, 0.2) is 12.0 Å². The van der Waals surface area contributed by atoms with Gasteiger partial charge in [0.15, 0.2) is 0 Å². The van der Waals surface area contributed by atoms with E-state index in [1.807, 2.05) is 0 Å². The average Bonchev–Trinajstić information content (AvgIpc) is 1.59. The molecule has 3 heteroatoms.